The van der Waals surface area contributed by atoms with Crippen molar-refractivity contribution in [3.8, 4) is 11.3 Å². The number of fused-ring (bicyclic) bond motifs is 1. The van der Waals surface area contributed by atoms with Gasteiger partial charge in [-0.1, -0.05) is 18.2 Å². The third-order valence-electron chi connectivity index (χ3n) is 2.99. The van der Waals surface area contributed by atoms with Crippen molar-refractivity contribution < 1.29 is 0 Å². The monoisotopic (exact) mass is 223 g/mol. The number of hydrogen-bond donors (Lipinski definition) is 2. The summed E-state index contributed by atoms with van der Waals surface area (Å²) < 4.78 is 0. The molecule has 0 unspecified atom stereocenters. The number of nitrogen functional groups attached to an aromatic ring is 1. The highest BCUT2D eigenvalue weighted by Gasteiger charge is 2.07. The van der Waals surface area contributed by atoms with Crippen LogP contribution in [-0.4, -0.2) is 9.97 Å². The molecule has 0 radical (unpaired) electrons. The second kappa shape index (κ2) is 3.63. The summed E-state index contributed by atoms with van der Waals surface area (Å²) in [6, 6.07) is 12.1. The minimum absolute atomic E-state index is 0.730. The first-order valence-electron chi connectivity index (χ1n) is 5.55. The van der Waals surface area contributed by atoms with Crippen molar-refractivity contribution in [3.63, 3.8) is 0 Å². The van der Waals surface area contributed by atoms with Crippen molar-refractivity contribution >= 4 is 16.6 Å². The van der Waals surface area contributed by atoms with Crippen LogP contribution in [0.4, 0.5) is 5.69 Å². The molecule has 0 fully saturated rings. The molecule has 0 saturated carbocycles. The lowest BCUT2D eigenvalue weighted by molar-refractivity contribution is 1.21. The Balaban J connectivity index is 2.24. The number of para-hydroxylation sites is 1. The number of pyridine rings is 1. The van der Waals surface area contributed by atoms with Gasteiger partial charge in [-0.25, -0.2) is 0 Å². The molecule has 2 aromatic heterocycles. The predicted molar refractivity (Wildman–Crippen MR) is 70.7 cm³/mol. The van der Waals surface area contributed by atoms with Crippen molar-refractivity contribution in [2.75, 3.05) is 5.73 Å². The summed E-state index contributed by atoms with van der Waals surface area (Å²) in [7, 11) is 0. The highest BCUT2D eigenvalue weighted by Crippen LogP contribution is 2.27. The molecule has 84 valence electrons. The molecule has 0 bridgehead atoms. The third kappa shape index (κ3) is 1.56. The van der Waals surface area contributed by atoms with E-state index in [1.165, 1.54) is 5.39 Å². The molecule has 3 rings (SSSR count). The highest BCUT2D eigenvalue weighted by molar-refractivity contribution is 5.94. The van der Waals surface area contributed by atoms with Crippen LogP contribution in [0.2, 0.25) is 0 Å². The SMILES string of the molecule is Cc1nc(-c2c[nH]c3ccccc23)ccc1N. The lowest BCUT2D eigenvalue weighted by Gasteiger charge is -2.03. The van der Waals surface area contributed by atoms with Crippen molar-refractivity contribution in [1.29, 1.82) is 0 Å². The van der Waals surface area contributed by atoms with E-state index in [0.29, 0.717) is 0 Å². The number of rotatable bonds is 1. The van der Waals surface area contributed by atoms with E-state index in [9.17, 15) is 0 Å². The second-order valence-electron chi connectivity index (χ2n) is 4.12. The van der Waals surface area contributed by atoms with E-state index in [0.717, 1.165) is 28.2 Å². The predicted octanol–water partition coefficient (Wildman–Crippen LogP) is 3.12. The zero-order chi connectivity index (χ0) is 11.8. The van der Waals surface area contributed by atoms with Crippen molar-refractivity contribution in [1.82, 2.24) is 9.97 Å². The minimum atomic E-state index is 0.730. The summed E-state index contributed by atoms with van der Waals surface area (Å²) in [6.07, 6.45) is 1.99. The molecule has 17 heavy (non-hydrogen) atoms. The summed E-state index contributed by atoms with van der Waals surface area (Å²) in [5, 5.41) is 1.18. The van der Waals surface area contributed by atoms with Crippen LogP contribution in [0, 0.1) is 6.92 Å². The summed E-state index contributed by atoms with van der Waals surface area (Å²) >= 11 is 0. The molecule has 0 amide bonds. The van der Waals surface area contributed by atoms with E-state index in [1.54, 1.807) is 0 Å². The van der Waals surface area contributed by atoms with E-state index in [-0.39, 0.29) is 0 Å². The van der Waals surface area contributed by atoms with Gasteiger partial charge in [-0.3, -0.25) is 4.98 Å². The molecule has 3 nitrogen and oxygen atoms in total. The Labute approximate surface area is 99.3 Å². The number of benzene rings is 1. The zero-order valence-electron chi connectivity index (χ0n) is 9.57. The Hall–Kier alpha value is -2.29. The fourth-order valence-electron chi connectivity index (χ4n) is 2.01. The number of nitrogens with zero attached hydrogens (tertiary/aromatic N) is 1. The molecule has 0 spiro atoms. The van der Waals surface area contributed by atoms with Gasteiger partial charge in [0, 0.05) is 22.7 Å². The van der Waals surface area contributed by atoms with Crippen molar-refractivity contribution in [2.24, 2.45) is 0 Å². The Morgan fingerprint density at radius 1 is 1.12 bits per heavy atom. The number of aromatic nitrogens is 2. The fraction of sp³-hybridized carbons (Fsp3) is 0.0714. The fourth-order valence-corrected chi connectivity index (χ4v) is 2.01. The molecule has 2 heterocycles. The van der Waals surface area contributed by atoms with Gasteiger partial charge in [0.25, 0.3) is 0 Å². The summed E-state index contributed by atoms with van der Waals surface area (Å²) in [6.45, 7) is 1.92. The maximum Gasteiger partial charge on any atom is 0.0728 e. The van der Waals surface area contributed by atoms with Crippen LogP contribution in [0.5, 0.6) is 0 Å². The number of H-pyrrole nitrogens is 1. The molecule has 0 atom stereocenters. The second-order valence-corrected chi connectivity index (χ2v) is 4.12. The van der Waals surface area contributed by atoms with Gasteiger partial charge in [-0.15, -0.1) is 0 Å². The maximum absolute atomic E-state index is 5.78. The topological polar surface area (TPSA) is 54.7 Å². The van der Waals surface area contributed by atoms with E-state index < -0.39 is 0 Å². The van der Waals surface area contributed by atoms with Crippen molar-refractivity contribution in [2.45, 2.75) is 6.92 Å². The van der Waals surface area contributed by atoms with Crippen molar-refractivity contribution in [3.05, 3.63) is 48.3 Å². The molecular weight excluding hydrogens is 210 g/mol. The van der Waals surface area contributed by atoms with Gasteiger partial charge in [0.15, 0.2) is 0 Å². The van der Waals surface area contributed by atoms with Gasteiger partial charge < -0.3 is 10.7 Å². The largest absolute Gasteiger partial charge is 0.397 e. The summed E-state index contributed by atoms with van der Waals surface area (Å²) in [5.41, 5.74) is 10.6. The first kappa shape index (κ1) is 9.90. The number of aromatic amines is 1. The molecule has 0 saturated heterocycles. The number of nitrogens with two attached hydrogens (primary N) is 1. The molecule has 0 aliphatic rings. The van der Waals surface area contributed by atoms with Crippen LogP contribution in [-0.2, 0) is 0 Å². The first-order chi connectivity index (χ1) is 8.25. The van der Waals surface area contributed by atoms with Crippen LogP contribution in [0.25, 0.3) is 22.2 Å². The van der Waals surface area contributed by atoms with Gasteiger partial charge in [0.05, 0.1) is 17.1 Å². The summed E-state index contributed by atoms with van der Waals surface area (Å²) in [4.78, 5) is 7.77. The Morgan fingerprint density at radius 3 is 2.76 bits per heavy atom. The Bertz CT molecular complexity index is 683. The number of anilines is 1. The van der Waals surface area contributed by atoms with Gasteiger partial charge in [-0.2, -0.15) is 0 Å². The van der Waals surface area contributed by atoms with Crippen LogP contribution in [0.1, 0.15) is 5.69 Å². The lowest BCUT2D eigenvalue weighted by Crippen LogP contribution is -1.93. The van der Waals surface area contributed by atoms with Crippen LogP contribution in [0.3, 0.4) is 0 Å². The average molecular weight is 223 g/mol. The zero-order valence-corrected chi connectivity index (χ0v) is 9.57. The van der Waals surface area contributed by atoms with E-state index in [1.807, 2.05) is 37.4 Å². The molecule has 3 heteroatoms. The first-order valence-corrected chi connectivity index (χ1v) is 5.55. The van der Waals surface area contributed by atoms with E-state index in [4.69, 9.17) is 5.73 Å². The number of aryl methyl sites for hydroxylation is 1. The van der Waals surface area contributed by atoms with Gasteiger partial charge in [0.2, 0.25) is 0 Å². The number of nitrogens with one attached hydrogen (secondary N) is 1. The van der Waals surface area contributed by atoms with Gasteiger partial charge in [0.1, 0.15) is 0 Å². The Kier molecular flexibility index (Phi) is 2.11. The molecule has 0 aliphatic carbocycles. The maximum atomic E-state index is 5.78. The minimum Gasteiger partial charge on any atom is -0.397 e. The molecule has 1 aromatic carbocycles. The Morgan fingerprint density at radius 2 is 1.94 bits per heavy atom. The van der Waals surface area contributed by atoms with Crippen LogP contribution >= 0.6 is 0 Å². The van der Waals surface area contributed by atoms with Crippen LogP contribution in [0.15, 0.2) is 42.6 Å². The third-order valence-corrected chi connectivity index (χ3v) is 2.99. The summed E-state index contributed by atoms with van der Waals surface area (Å²) in [5.74, 6) is 0. The molecule has 3 aromatic rings. The van der Waals surface area contributed by atoms with Gasteiger partial charge >= 0.3 is 0 Å². The standard InChI is InChI=1S/C14H13N3/c1-9-12(15)6-7-14(17-9)11-8-16-13-5-3-2-4-10(11)13/h2-8,16H,15H2,1H3. The van der Waals surface area contributed by atoms with Gasteiger partial charge in [-0.05, 0) is 25.1 Å². The van der Waals surface area contributed by atoms with E-state index >= 15 is 0 Å². The number of hydrogen-bond acceptors (Lipinski definition) is 2. The smallest absolute Gasteiger partial charge is 0.0728 e. The lowest BCUT2D eigenvalue weighted by atomic mass is 10.1. The quantitative estimate of drug-likeness (QED) is 0.666. The van der Waals surface area contributed by atoms with Crippen LogP contribution < -0.4 is 5.73 Å². The van der Waals surface area contributed by atoms with E-state index in [2.05, 4.69) is 22.1 Å². The average Bonchev–Trinajstić information content (AvgIpc) is 2.76. The highest BCUT2D eigenvalue weighted by atomic mass is 14.8. The molecular formula is C14H13N3. The molecule has 0 aliphatic heterocycles. The molecule has 3 N–H and O–H groups in total. The normalized spacial score (nSPS) is 10.9.